The molecule has 0 radical (unpaired) electrons. The molecule has 1 unspecified atom stereocenters. The molecule has 0 aliphatic rings. The fraction of sp³-hybridized carbons (Fsp3) is 0.533. The molecule has 1 atom stereocenters. The van der Waals surface area contributed by atoms with Gasteiger partial charge < -0.3 is 5.32 Å². The molecule has 1 N–H and O–H groups in total. The van der Waals surface area contributed by atoms with Gasteiger partial charge in [-0.25, -0.2) is 8.42 Å². The van der Waals surface area contributed by atoms with Gasteiger partial charge in [-0.3, -0.25) is 14.9 Å². The quantitative estimate of drug-likeness (QED) is 0.605. The molecular weight excluding hydrogens is 320 g/mol. The van der Waals surface area contributed by atoms with Gasteiger partial charge in [0.1, 0.15) is 4.90 Å². The molecule has 0 bridgehead atoms. The number of rotatable bonds is 7. The van der Waals surface area contributed by atoms with Crippen molar-refractivity contribution in [2.75, 3.05) is 6.26 Å². The predicted molar refractivity (Wildman–Crippen MR) is 87.2 cm³/mol. The third-order valence-electron chi connectivity index (χ3n) is 3.37. The van der Waals surface area contributed by atoms with E-state index in [1.807, 2.05) is 6.92 Å². The fourth-order valence-corrected chi connectivity index (χ4v) is 2.91. The van der Waals surface area contributed by atoms with Crippen LogP contribution in [-0.4, -0.2) is 31.5 Å². The fourth-order valence-electron chi connectivity index (χ4n) is 2.08. The molecule has 23 heavy (non-hydrogen) atoms. The van der Waals surface area contributed by atoms with Crippen LogP contribution in [0, 0.1) is 16.0 Å². The summed E-state index contributed by atoms with van der Waals surface area (Å²) in [5.41, 5.74) is -0.518. The van der Waals surface area contributed by atoms with Gasteiger partial charge in [-0.05, 0) is 37.8 Å². The number of benzene rings is 1. The van der Waals surface area contributed by atoms with Crippen molar-refractivity contribution in [2.24, 2.45) is 5.92 Å². The second kappa shape index (κ2) is 7.54. The van der Waals surface area contributed by atoms with Crippen LogP contribution in [0.1, 0.15) is 44.0 Å². The Morgan fingerprint density at radius 2 is 1.87 bits per heavy atom. The highest BCUT2D eigenvalue weighted by Gasteiger charge is 2.24. The monoisotopic (exact) mass is 342 g/mol. The van der Waals surface area contributed by atoms with Crippen molar-refractivity contribution in [3.05, 3.63) is 33.9 Å². The summed E-state index contributed by atoms with van der Waals surface area (Å²) >= 11 is 0. The van der Waals surface area contributed by atoms with Gasteiger partial charge >= 0.3 is 0 Å². The summed E-state index contributed by atoms with van der Waals surface area (Å²) in [5, 5.41) is 13.8. The van der Waals surface area contributed by atoms with Gasteiger partial charge in [0.2, 0.25) is 0 Å². The van der Waals surface area contributed by atoms with E-state index in [9.17, 15) is 23.3 Å². The minimum absolute atomic E-state index is 0.0699. The van der Waals surface area contributed by atoms with Crippen LogP contribution in [0.2, 0.25) is 0 Å². The summed E-state index contributed by atoms with van der Waals surface area (Å²) in [5.74, 6) is 0.0638. The molecule has 0 heterocycles. The van der Waals surface area contributed by atoms with Gasteiger partial charge in [0, 0.05) is 23.9 Å². The molecule has 0 spiro atoms. The highest BCUT2D eigenvalue weighted by Crippen LogP contribution is 2.25. The van der Waals surface area contributed by atoms with Crippen molar-refractivity contribution < 1.29 is 18.1 Å². The number of nitrogens with zero attached hydrogens (tertiary/aromatic N) is 1. The van der Waals surface area contributed by atoms with E-state index in [-0.39, 0.29) is 11.6 Å². The first-order chi connectivity index (χ1) is 10.5. The lowest BCUT2D eigenvalue weighted by Crippen LogP contribution is -2.32. The zero-order valence-electron chi connectivity index (χ0n) is 13.7. The second-order valence-electron chi connectivity index (χ2n) is 6.06. The van der Waals surface area contributed by atoms with E-state index in [1.54, 1.807) is 0 Å². The van der Waals surface area contributed by atoms with Crippen LogP contribution in [0.4, 0.5) is 5.69 Å². The Morgan fingerprint density at radius 1 is 1.26 bits per heavy atom. The Kier molecular flexibility index (Phi) is 6.26. The Balaban J connectivity index is 2.99. The van der Waals surface area contributed by atoms with E-state index < -0.39 is 31.3 Å². The molecule has 7 nitrogen and oxygen atoms in total. The Hall–Kier alpha value is -1.96. The Labute approximate surface area is 136 Å². The first kappa shape index (κ1) is 19.1. The van der Waals surface area contributed by atoms with Crippen molar-refractivity contribution in [3.8, 4) is 0 Å². The number of nitrogens with one attached hydrogen (secondary N) is 1. The maximum atomic E-state index is 12.2. The number of hydrogen-bond acceptors (Lipinski definition) is 5. The van der Waals surface area contributed by atoms with E-state index in [1.165, 1.54) is 6.07 Å². The summed E-state index contributed by atoms with van der Waals surface area (Å²) in [7, 11) is -3.74. The topological polar surface area (TPSA) is 106 Å². The maximum absolute atomic E-state index is 12.2. The first-order valence-corrected chi connectivity index (χ1v) is 9.21. The average Bonchev–Trinajstić information content (AvgIpc) is 2.43. The minimum atomic E-state index is -3.74. The number of hydrogen-bond donors (Lipinski definition) is 1. The molecule has 0 aromatic heterocycles. The molecule has 0 aliphatic carbocycles. The number of carbonyl (C=O) groups is 1. The van der Waals surface area contributed by atoms with E-state index in [2.05, 4.69) is 19.2 Å². The van der Waals surface area contributed by atoms with Crippen molar-refractivity contribution in [1.29, 1.82) is 0 Å². The number of carbonyl (C=O) groups excluding carboxylic acids is 1. The zero-order chi connectivity index (χ0) is 17.8. The molecule has 0 saturated carbocycles. The standard InChI is InChI=1S/C15H22N2O5S/c1-10(2)5-6-11(3)16-15(18)12-7-8-14(23(4,21)22)13(9-12)17(19)20/h7-11H,5-6H2,1-4H3,(H,16,18). The van der Waals surface area contributed by atoms with Crippen LogP contribution in [0.3, 0.4) is 0 Å². The van der Waals surface area contributed by atoms with Gasteiger partial charge in [-0.15, -0.1) is 0 Å². The normalized spacial score (nSPS) is 12.9. The molecule has 1 amide bonds. The van der Waals surface area contributed by atoms with E-state index in [0.29, 0.717) is 5.92 Å². The zero-order valence-corrected chi connectivity index (χ0v) is 14.5. The maximum Gasteiger partial charge on any atom is 0.288 e. The molecule has 128 valence electrons. The number of amides is 1. The molecule has 8 heteroatoms. The van der Waals surface area contributed by atoms with Crippen LogP contribution < -0.4 is 5.32 Å². The van der Waals surface area contributed by atoms with Gasteiger partial charge in [-0.1, -0.05) is 13.8 Å². The Morgan fingerprint density at radius 3 is 2.35 bits per heavy atom. The average molecular weight is 342 g/mol. The lowest BCUT2D eigenvalue weighted by atomic mass is 10.0. The second-order valence-corrected chi connectivity index (χ2v) is 8.04. The lowest BCUT2D eigenvalue weighted by molar-refractivity contribution is -0.387. The summed E-state index contributed by atoms with van der Waals surface area (Å²) in [6.07, 6.45) is 2.64. The third-order valence-corrected chi connectivity index (χ3v) is 4.52. The van der Waals surface area contributed by atoms with Crippen molar-refractivity contribution in [2.45, 2.75) is 44.6 Å². The molecule has 0 aliphatic heterocycles. The van der Waals surface area contributed by atoms with E-state index >= 15 is 0 Å². The lowest BCUT2D eigenvalue weighted by Gasteiger charge is -2.15. The predicted octanol–water partition coefficient (Wildman–Crippen LogP) is 2.55. The van der Waals surface area contributed by atoms with Crippen molar-refractivity contribution in [1.82, 2.24) is 5.32 Å². The summed E-state index contributed by atoms with van der Waals surface area (Å²) < 4.78 is 23.1. The SMILES string of the molecule is CC(C)CCC(C)NC(=O)c1ccc(S(C)(=O)=O)c([N+](=O)[O-])c1. The van der Waals surface area contributed by atoms with Crippen LogP contribution in [0.5, 0.6) is 0 Å². The smallest absolute Gasteiger partial charge is 0.288 e. The van der Waals surface area contributed by atoms with E-state index in [4.69, 9.17) is 0 Å². The van der Waals surface area contributed by atoms with Crippen LogP contribution in [0.15, 0.2) is 23.1 Å². The number of nitro groups is 1. The molecule has 1 aromatic rings. The largest absolute Gasteiger partial charge is 0.350 e. The van der Waals surface area contributed by atoms with Crippen LogP contribution in [0.25, 0.3) is 0 Å². The minimum Gasteiger partial charge on any atom is -0.350 e. The summed E-state index contributed by atoms with van der Waals surface area (Å²) in [4.78, 5) is 22.0. The van der Waals surface area contributed by atoms with Gasteiger partial charge in [0.25, 0.3) is 11.6 Å². The number of nitro benzene ring substituents is 1. The Bertz CT molecular complexity index is 698. The molecule has 1 rings (SSSR count). The van der Waals surface area contributed by atoms with Gasteiger partial charge in [0.05, 0.1) is 4.92 Å². The van der Waals surface area contributed by atoms with Crippen molar-refractivity contribution >= 4 is 21.4 Å². The van der Waals surface area contributed by atoms with Crippen molar-refractivity contribution in [3.63, 3.8) is 0 Å². The van der Waals surface area contributed by atoms with Gasteiger partial charge in [0.15, 0.2) is 9.84 Å². The van der Waals surface area contributed by atoms with Crippen LogP contribution >= 0.6 is 0 Å². The molecular formula is C15H22N2O5S. The van der Waals surface area contributed by atoms with Crippen LogP contribution in [-0.2, 0) is 9.84 Å². The van der Waals surface area contributed by atoms with Gasteiger partial charge in [-0.2, -0.15) is 0 Å². The molecule has 1 aromatic carbocycles. The highest BCUT2D eigenvalue weighted by molar-refractivity contribution is 7.90. The molecule has 0 fully saturated rings. The van der Waals surface area contributed by atoms with E-state index in [0.717, 1.165) is 31.2 Å². The first-order valence-electron chi connectivity index (χ1n) is 7.31. The highest BCUT2D eigenvalue weighted by atomic mass is 32.2. The molecule has 0 saturated heterocycles. The third kappa shape index (κ3) is 5.63. The summed E-state index contributed by atoms with van der Waals surface area (Å²) in [6.45, 7) is 6.03. The summed E-state index contributed by atoms with van der Waals surface area (Å²) in [6, 6.07) is 3.31. The number of sulfone groups is 1.